The molecule has 2 unspecified atom stereocenters. The minimum absolute atomic E-state index is 0.880. The SMILES string of the molecule is C=C(CC)CC1CCC1CNC1CC1. The summed E-state index contributed by atoms with van der Waals surface area (Å²) >= 11 is 0. The van der Waals surface area contributed by atoms with Crippen molar-refractivity contribution in [3.8, 4) is 0 Å². The van der Waals surface area contributed by atoms with Gasteiger partial charge in [0.2, 0.25) is 0 Å². The van der Waals surface area contributed by atoms with Gasteiger partial charge < -0.3 is 5.32 Å². The Morgan fingerprint density at radius 1 is 1.21 bits per heavy atom. The van der Waals surface area contributed by atoms with Crippen molar-refractivity contribution in [1.29, 1.82) is 0 Å². The second kappa shape index (κ2) is 4.48. The normalized spacial score (nSPS) is 31.2. The maximum atomic E-state index is 4.12. The fourth-order valence-electron chi connectivity index (χ4n) is 2.30. The minimum atomic E-state index is 0.880. The molecule has 0 bridgehead atoms. The molecule has 1 heteroatoms. The summed E-state index contributed by atoms with van der Waals surface area (Å²) < 4.78 is 0. The first-order chi connectivity index (χ1) is 6.79. The average molecular weight is 193 g/mol. The third-order valence-corrected chi connectivity index (χ3v) is 3.87. The van der Waals surface area contributed by atoms with Crippen molar-refractivity contribution < 1.29 is 0 Å². The van der Waals surface area contributed by atoms with Crippen LogP contribution in [0.4, 0.5) is 0 Å². The highest BCUT2D eigenvalue weighted by Gasteiger charge is 2.32. The Hall–Kier alpha value is -0.300. The quantitative estimate of drug-likeness (QED) is 0.639. The van der Waals surface area contributed by atoms with Gasteiger partial charge in [-0.15, -0.1) is 0 Å². The molecule has 14 heavy (non-hydrogen) atoms. The minimum Gasteiger partial charge on any atom is -0.314 e. The van der Waals surface area contributed by atoms with E-state index in [1.165, 1.54) is 50.6 Å². The van der Waals surface area contributed by atoms with Crippen molar-refractivity contribution in [3.63, 3.8) is 0 Å². The van der Waals surface area contributed by atoms with Crippen LogP contribution in [0.2, 0.25) is 0 Å². The van der Waals surface area contributed by atoms with Crippen molar-refractivity contribution >= 4 is 0 Å². The molecule has 2 aliphatic carbocycles. The predicted octanol–water partition coefficient (Wildman–Crippen LogP) is 3.12. The number of rotatable bonds is 6. The van der Waals surface area contributed by atoms with Crippen LogP contribution < -0.4 is 5.32 Å². The molecule has 80 valence electrons. The Kier molecular flexibility index (Phi) is 3.27. The Bertz CT molecular complexity index is 205. The van der Waals surface area contributed by atoms with Gasteiger partial charge in [0.25, 0.3) is 0 Å². The first kappa shape index (κ1) is 10.2. The molecule has 0 aromatic rings. The van der Waals surface area contributed by atoms with E-state index in [0.717, 1.165) is 17.9 Å². The van der Waals surface area contributed by atoms with Crippen molar-refractivity contribution in [2.24, 2.45) is 11.8 Å². The van der Waals surface area contributed by atoms with E-state index in [1.807, 2.05) is 0 Å². The maximum Gasteiger partial charge on any atom is 0.00683 e. The average Bonchev–Trinajstić information content (AvgIpc) is 2.96. The van der Waals surface area contributed by atoms with Gasteiger partial charge in [0.1, 0.15) is 0 Å². The molecule has 1 N–H and O–H groups in total. The number of allylic oxidation sites excluding steroid dienone is 1. The monoisotopic (exact) mass is 193 g/mol. The van der Waals surface area contributed by atoms with Crippen LogP contribution in [-0.2, 0) is 0 Å². The summed E-state index contributed by atoms with van der Waals surface area (Å²) in [5, 5.41) is 3.65. The van der Waals surface area contributed by atoms with Gasteiger partial charge in [0, 0.05) is 6.04 Å². The highest BCUT2D eigenvalue weighted by Crippen LogP contribution is 2.38. The van der Waals surface area contributed by atoms with Crippen LogP contribution in [0.3, 0.4) is 0 Å². The molecule has 2 atom stereocenters. The molecule has 2 rings (SSSR count). The molecule has 0 saturated heterocycles. The van der Waals surface area contributed by atoms with Crippen LogP contribution in [0.15, 0.2) is 12.2 Å². The molecule has 1 nitrogen and oxygen atoms in total. The molecule has 0 radical (unpaired) electrons. The number of hydrogen-bond donors (Lipinski definition) is 1. The van der Waals surface area contributed by atoms with Crippen LogP contribution in [-0.4, -0.2) is 12.6 Å². The maximum absolute atomic E-state index is 4.12. The lowest BCUT2D eigenvalue weighted by Gasteiger charge is -2.37. The second-order valence-corrected chi connectivity index (χ2v) is 5.09. The zero-order valence-corrected chi connectivity index (χ0v) is 9.39. The molecule has 2 saturated carbocycles. The molecule has 0 heterocycles. The van der Waals surface area contributed by atoms with E-state index in [2.05, 4.69) is 18.8 Å². The Morgan fingerprint density at radius 3 is 2.43 bits per heavy atom. The van der Waals surface area contributed by atoms with Gasteiger partial charge in [-0.05, 0) is 56.9 Å². The van der Waals surface area contributed by atoms with Crippen LogP contribution in [0.25, 0.3) is 0 Å². The van der Waals surface area contributed by atoms with E-state index >= 15 is 0 Å². The van der Waals surface area contributed by atoms with Crippen LogP contribution >= 0.6 is 0 Å². The first-order valence-electron chi connectivity index (χ1n) is 6.19. The summed E-state index contributed by atoms with van der Waals surface area (Å²) in [7, 11) is 0. The van der Waals surface area contributed by atoms with E-state index in [4.69, 9.17) is 0 Å². The molecule has 0 aromatic heterocycles. The lowest BCUT2D eigenvalue weighted by molar-refractivity contribution is 0.169. The molecule has 0 spiro atoms. The Labute approximate surface area is 88.0 Å². The molecule has 0 amide bonds. The van der Waals surface area contributed by atoms with Gasteiger partial charge in [-0.3, -0.25) is 0 Å². The largest absolute Gasteiger partial charge is 0.314 e. The molecule has 2 fully saturated rings. The highest BCUT2D eigenvalue weighted by molar-refractivity contribution is 4.99. The summed E-state index contributed by atoms with van der Waals surface area (Å²) in [6, 6.07) is 0.880. The van der Waals surface area contributed by atoms with Crippen LogP contribution in [0.5, 0.6) is 0 Å². The molecule has 0 aliphatic heterocycles. The highest BCUT2D eigenvalue weighted by atomic mass is 14.9. The smallest absolute Gasteiger partial charge is 0.00683 e. The van der Waals surface area contributed by atoms with Crippen molar-refractivity contribution in [1.82, 2.24) is 5.32 Å². The van der Waals surface area contributed by atoms with Gasteiger partial charge in [0.05, 0.1) is 0 Å². The third-order valence-electron chi connectivity index (χ3n) is 3.87. The standard InChI is InChI=1S/C13H23N/c1-3-10(2)8-11-4-5-12(11)9-14-13-6-7-13/h11-14H,2-9H2,1H3. The Morgan fingerprint density at radius 2 is 1.93 bits per heavy atom. The van der Waals surface area contributed by atoms with E-state index in [1.54, 1.807) is 0 Å². The zero-order valence-electron chi connectivity index (χ0n) is 9.39. The van der Waals surface area contributed by atoms with Crippen molar-refractivity contribution in [3.05, 3.63) is 12.2 Å². The van der Waals surface area contributed by atoms with Gasteiger partial charge in [-0.1, -0.05) is 19.1 Å². The van der Waals surface area contributed by atoms with E-state index in [9.17, 15) is 0 Å². The summed E-state index contributed by atoms with van der Waals surface area (Å²) in [6.07, 6.45) is 8.17. The van der Waals surface area contributed by atoms with Gasteiger partial charge in [0.15, 0.2) is 0 Å². The zero-order chi connectivity index (χ0) is 9.97. The van der Waals surface area contributed by atoms with Gasteiger partial charge in [-0.25, -0.2) is 0 Å². The van der Waals surface area contributed by atoms with Crippen LogP contribution in [0, 0.1) is 11.8 Å². The number of nitrogens with one attached hydrogen (secondary N) is 1. The van der Waals surface area contributed by atoms with Gasteiger partial charge in [-0.2, -0.15) is 0 Å². The van der Waals surface area contributed by atoms with E-state index in [-0.39, 0.29) is 0 Å². The molecular weight excluding hydrogens is 170 g/mol. The van der Waals surface area contributed by atoms with Crippen molar-refractivity contribution in [2.75, 3.05) is 6.54 Å². The van der Waals surface area contributed by atoms with Crippen molar-refractivity contribution in [2.45, 2.75) is 51.5 Å². The van der Waals surface area contributed by atoms with Crippen LogP contribution in [0.1, 0.15) is 45.4 Å². The first-order valence-corrected chi connectivity index (χ1v) is 6.19. The molecule has 2 aliphatic rings. The van der Waals surface area contributed by atoms with E-state index in [0.29, 0.717) is 0 Å². The fraction of sp³-hybridized carbons (Fsp3) is 0.846. The summed E-state index contributed by atoms with van der Waals surface area (Å²) in [5.41, 5.74) is 1.45. The summed E-state index contributed by atoms with van der Waals surface area (Å²) in [6.45, 7) is 7.61. The Balaban J connectivity index is 1.64. The number of hydrogen-bond acceptors (Lipinski definition) is 1. The lowest BCUT2D eigenvalue weighted by Crippen LogP contribution is -2.36. The topological polar surface area (TPSA) is 12.0 Å². The molecule has 0 aromatic carbocycles. The predicted molar refractivity (Wildman–Crippen MR) is 61.3 cm³/mol. The van der Waals surface area contributed by atoms with Gasteiger partial charge >= 0.3 is 0 Å². The summed E-state index contributed by atoms with van der Waals surface area (Å²) in [5.74, 6) is 1.91. The third kappa shape index (κ3) is 2.60. The lowest BCUT2D eigenvalue weighted by atomic mass is 9.70. The molecular formula is C13H23N. The fourth-order valence-corrected chi connectivity index (χ4v) is 2.30. The second-order valence-electron chi connectivity index (χ2n) is 5.09. The van der Waals surface area contributed by atoms with E-state index < -0.39 is 0 Å². The summed E-state index contributed by atoms with van der Waals surface area (Å²) in [4.78, 5) is 0.